The monoisotopic (exact) mass is 252 g/mol. The summed E-state index contributed by atoms with van der Waals surface area (Å²) in [6.07, 6.45) is 5.67. The predicted molar refractivity (Wildman–Crippen MR) is 74.4 cm³/mol. The van der Waals surface area contributed by atoms with E-state index in [9.17, 15) is 0 Å². The maximum atomic E-state index is 4.46. The standard InChI is InChI=1S/C14H24N2S/c1-10-4-6-13(7-5-10)8-15-9-14-11(2)16-12(3)17-14/h10,13,15H,4-9H2,1-3H3. The van der Waals surface area contributed by atoms with E-state index in [-0.39, 0.29) is 0 Å². The fourth-order valence-electron chi connectivity index (χ4n) is 2.66. The van der Waals surface area contributed by atoms with Gasteiger partial charge in [-0.1, -0.05) is 19.8 Å². The summed E-state index contributed by atoms with van der Waals surface area (Å²) in [5.41, 5.74) is 1.21. The molecule has 0 spiro atoms. The predicted octanol–water partition coefficient (Wildman–Crippen LogP) is 3.68. The molecule has 2 rings (SSSR count). The summed E-state index contributed by atoms with van der Waals surface area (Å²) in [6.45, 7) is 8.77. The zero-order chi connectivity index (χ0) is 12.3. The Morgan fingerprint density at radius 1 is 1.24 bits per heavy atom. The summed E-state index contributed by atoms with van der Waals surface area (Å²) >= 11 is 1.83. The molecule has 1 aliphatic rings. The summed E-state index contributed by atoms with van der Waals surface area (Å²) in [7, 11) is 0. The zero-order valence-corrected chi connectivity index (χ0v) is 12.1. The number of aryl methyl sites for hydroxylation is 2. The van der Waals surface area contributed by atoms with Gasteiger partial charge in [0.1, 0.15) is 0 Å². The largest absolute Gasteiger partial charge is 0.312 e. The van der Waals surface area contributed by atoms with Crippen LogP contribution in [-0.4, -0.2) is 11.5 Å². The minimum absolute atomic E-state index is 0.903. The Labute approximate surface area is 109 Å². The molecule has 0 bridgehead atoms. The van der Waals surface area contributed by atoms with Crippen molar-refractivity contribution in [2.24, 2.45) is 11.8 Å². The van der Waals surface area contributed by atoms with Gasteiger partial charge in [-0.05, 0) is 45.1 Å². The first-order valence-electron chi connectivity index (χ1n) is 6.78. The van der Waals surface area contributed by atoms with Gasteiger partial charge in [0.15, 0.2) is 0 Å². The van der Waals surface area contributed by atoms with Gasteiger partial charge < -0.3 is 5.32 Å². The van der Waals surface area contributed by atoms with Crippen LogP contribution in [0.2, 0.25) is 0 Å². The smallest absolute Gasteiger partial charge is 0.0900 e. The average molecular weight is 252 g/mol. The molecule has 1 aliphatic carbocycles. The lowest BCUT2D eigenvalue weighted by atomic mass is 9.83. The minimum atomic E-state index is 0.903. The molecule has 0 atom stereocenters. The lowest BCUT2D eigenvalue weighted by Gasteiger charge is -2.26. The van der Waals surface area contributed by atoms with Crippen LogP contribution < -0.4 is 5.32 Å². The Morgan fingerprint density at radius 2 is 1.94 bits per heavy atom. The van der Waals surface area contributed by atoms with Gasteiger partial charge in [-0.25, -0.2) is 4.98 Å². The summed E-state index contributed by atoms with van der Waals surface area (Å²) in [5, 5.41) is 4.80. The third kappa shape index (κ3) is 3.78. The molecule has 1 saturated carbocycles. The van der Waals surface area contributed by atoms with E-state index in [0.717, 1.165) is 18.4 Å². The van der Waals surface area contributed by atoms with Crippen molar-refractivity contribution in [1.82, 2.24) is 10.3 Å². The highest BCUT2D eigenvalue weighted by molar-refractivity contribution is 7.11. The van der Waals surface area contributed by atoms with Gasteiger partial charge in [0, 0.05) is 11.4 Å². The fraction of sp³-hybridized carbons (Fsp3) is 0.786. The first-order chi connectivity index (χ1) is 8.15. The van der Waals surface area contributed by atoms with Crippen LogP contribution in [0.1, 0.15) is 48.2 Å². The highest BCUT2D eigenvalue weighted by Gasteiger charge is 2.17. The number of hydrogen-bond donors (Lipinski definition) is 1. The fourth-order valence-corrected chi connectivity index (χ4v) is 3.57. The lowest BCUT2D eigenvalue weighted by Crippen LogP contribution is -2.25. The van der Waals surface area contributed by atoms with Crippen LogP contribution in [0, 0.1) is 25.7 Å². The second kappa shape index (κ2) is 5.96. The highest BCUT2D eigenvalue weighted by Crippen LogP contribution is 2.27. The third-order valence-electron chi connectivity index (χ3n) is 3.85. The first kappa shape index (κ1) is 13.0. The maximum absolute atomic E-state index is 4.46. The van der Waals surface area contributed by atoms with E-state index in [2.05, 4.69) is 31.1 Å². The van der Waals surface area contributed by atoms with Crippen LogP contribution in [0.15, 0.2) is 0 Å². The molecule has 3 heteroatoms. The molecule has 1 heterocycles. The molecule has 0 aromatic carbocycles. The number of thiazole rings is 1. The summed E-state index contributed by atoms with van der Waals surface area (Å²) < 4.78 is 0. The average Bonchev–Trinajstić information content (AvgIpc) is 2.60. The molecule has 0 radical (unpaired) electrons. The van der Waals surface area contributed by atoms with E-state index in [4.69, 9.17) is 0 Å². The molecule has 1 aromatic heterocycles. The third-order valence-corrected chi connectivity index (χ3v) is 4.93. The summed E-state index contributed by atoms with van der Waals surface area (Å²) in [4.78, 5) is 5.87. The van der Waals surface area contributed by atoms with Gasteiger partial charge in [-0.2, -0.15) is 0 Å². The van der Waals surface area contributed by atoms with Crippen molar-refractivity contribution in [3.05, 3.63) is 15.6 Å². The van der Waals surface area contributed by atoms with Crippen molar-refractivity contribution >= 4 is 11.3 Å². The molecule has 0 unspecified atom stereocenters. The Balaban J connectivity index is 1.71. The summed E-state index contributed by atoms with van der Waals surface area (Å²) in [5.74, 6) is 1.86. The molecule has 17 heavy (non-hydrogen) atoms. The van der Waals surface area contributed by atoms with Crippen molar-refractivity contribution in [2.45, 2.75) is 53.0 Å². The van der Waals surface area contributed by atoms with Crippen molar-refractivity contribution in [2.75, 3.05) is 6.54 Å². The zero-order valence-electron chi connectivity index (χ0n) is 11.3. The molecule has 1 N–H and O–H groups in total. The molecule has 1 aromatic rings. The van der Waals surface area contributed by atoms with Crippen molar-refractivity contribution in [3.63, 3.8) is 0 Å². The second-order valence-corrected chi connectivity index (χ2v) is 6.79. The van der Waals surface area contributed by atoms with Gasteiger partial charge in [0.2, 0.25) is 0 Å². The number of nitrogens with zero attached hydrogens (tertiary/aromatic N) is 1. The Kier molecular flexibility index (Phi) is 4.57. The van der Waals surface area contributed by atoms with E-state index in [0.29, 0.717) is 0 Å². The SMILES string of the molecule is Cc1nc(C)c(CNCC2CCC(C)CC2)s1. The molecule has 0 aliphatic heterocycles. The highest BCUT2D eigenvalue weighted by atomic mass is 32.1. The van der Waals surface area contributed by atoms with Crippen molar-refractivity contribution in [3.8, 4) is 0 Å². The van der Waals surface area contributed by atoms with Gasteiger partial charge in [-0.15, -0.1) is 11.3 Å². The minimum Gasteiger partial charge on any atom is -0.312 e. The Morgan fingerprint density at radius 3 is 2.53 bits per heavy atom. The first-order valence-corrected chi connectivity index (χ1v) is 7.60. The van der Waals surface area contributed by atoms with Crippen LogP contribution >= 0.6 is 11.3 Å². The van der Waals surface area contributed by atoms with E-state index < -0.39 is 0 Å². The van der Waals surface area contributed by atoms with Crippen LogP contribution in [-0.2, 0) is 6.54 Å². The quantitative estimate of drug-likeness (QED) is 0.884. The molecular weight excluding hydrogens is 228 g/mol. The van der Waals surface area contributed by atoms with E-state index in [1.807, 2.05) is 11.3 Å². The molecular formula is C14H24N2S. The second-order valence-electron chi connectivity index (χ2n) is 5.50. The Hall–Kier alpha value is -0.410. The summed E-state index contributed by atoms with van der Waals surface area (Å²) in [6, 6.07) is 0. The van der Waals surface area contributed by atoms with Crippen LogP contribution in [0.3, 0.4) is 0 Å². The van der Waals surface area contributed by atoms with Gasteiger partial charge in [0.25, 0.3) is 0 Å². The molecule has 0 saturated heterocycles. The van der Waals surface area contributed by atoms with Crippen LogP contribution in [0.4, 0.5) is 0 Å². The van der Waals surface area contributed by atoms with Gasteiger partial charge in [0.05, 0.1) is 10.7 Å². The maximum Gasteiger partial charge on any atom is 0.0900 e. The Bertz CT molecular complexity index is 351. The molecule has 2 nitrogen and oxygen atoms in total. The normalized spacial score (nSPS) is 25.1. The molecule has 96 valence electrons. The number of hydrogen-bond acceptors (Lipinski definition) is 3. The topological polar surface area (TPSA) is 24.9 Å². The van der Waals surface area contributed by atoms with Crippen LogP contribution in [0.25, 0.3) is 0 Å². The van der Waals surface area contributed by atoms with E-state index in [1.54, 1.807) is 0 Å². The van der Waals surface area contributed by atoms with E-state index in [1.165, 1.54) is 47.8 Å². The number of nitrogens with one attached hydrogen (secondary N) is 1. The van der Waals surface area contributed by atoms with E-state index >= 15 is 0 Å². The lowest BCUT2D eigenvalue weighted by molar-refractivity contribution is 0.281. The number of rotatable bonds is 4. The molecule has 0 amide bonds. The number of aromatic nitrogens is 1. The van der Waals surface area contributed by atoms with Gasteiger partial charge in [-0.3, -0.25) is 0 Å². The van der Waals surface area contributed by atoms with Gasteiger partial charge >= 0.3 is 0 Å². The van der Waals surface area contributed by atoms with Crippen molar-refractivity contribution in [1.29, 1.82) is 0 Å². The molecule has 1 fully saturated rings. The van der Waals surface area contributed by atoms with Crippen molar-refractivity contribution < 1.29 is 0 Å². The van der Waals surface area contributed by atoms with Crippen LogP contribution in [0.5, 0.6) is 0 Å².